The van der Waals surface area contributed by atoms with Gasteiger partial charge in [-0.3, -0.25) is 0 Å². The van der Waals surface area contributed by atoms with Crippen molar-refractivity contribution in [3.63, 3.8) is 0 Å². The summed E-state index contributed by atoms with van der Waals surface area (Å²) in [6, 6.07) is 71.1. The molecule has 13 aromatic carbocycles. The second-order valence-electron chi connectivity index (χ2n) is 21.5. The first-order valence-electron chi connectivity index (χ1n) is 25.7. The maximum absolute atomic E-state index is 2.50. The largest absolute Gasteiger partial charge is 0.0616 e. The molecule has 0 atom stereocenters. The van der Waals surface area contributed by atoms with Crippen LogP contribution in [-0.4, -0.2) is 0 Å². The lowest BCUT2D eigenvalue weighted by atomic mass is 9.81. The highest BCUT2D eigenvalue weighted by atomic mass is 14.3. The van der Waals surface area contributed by atoms with Gasteiger partial charge >= 0.3 is 0 Å². The van der Waals surface area contributed by atoms with Gasteiger partial charge in [-0.15, -0.1) is 0 Å². The first-order valence-corrected chi connectivity index (χ1v) is 25.7. The molecule has 0 saturated heterocycles. The molecule has 0 fully saturated rings. The van der Waals surface area contributed by atoms with Crippen molar-refractivity contribution in [2.24, 2.45) is 0 Å². The summed E-state index contributed by atoms with van der Waals surface area (Å²) in [7, 11) is 0. The van der Waals surface area contributed by atoms with Crippen LogP contribution in [0.3, 0.4) is 0 Å². The average molecular weight is 899 g/mol. The van der Waals surface area contributed by atoms with Crippen LogP contribution in [0.25, 0.3) is 130 Å². The topological polar surface area (TPSA) is 0 Å². The van der Waals surface area contributed by atoms with Crippen LogP contribution in [0.1, 0.15) is 101 Å². The monoisotopic (exact) mass is 898 g/mol. The Balaban J connectivity index is 1.10. The fraction of sp³-hybridized carbons (Fsp3) is 0.171. The van der Waals surface area contributed by atoms with Crippen molar-refractivity contribution in [2.75, 3.05) is 0 Å². The summed E-state index contributed by atoms with van der Waals surface area (Å²) in [6.07, 6.45) is 0. The predicted molar refractivity (Wildman–Crippen MR) is 308 cm³/mol. The molecule has 0 aromatic heterocycles. The lowest BCUT2D eigenvalue weighted by Gasteiger charge is -2.22. The summed E-state index contributed by atoms with van der Waals surface area (Å²) in [4.78, 5) is 0. The molecule has 0 heterocycles. The molecule has 0 heteroatoms. The van der Waals surface area contributed by atoms with Gasteiger partial charge in [0.25, 0.3) is 0 Å². The van der Waals surface area contributed by atoms with E-state index < -0.39 is 0 Å². The van der Waals surface area contributed by atoms with Gasteiger partial charge in [-0.2, -0.15) is 0 Å². The maximum atomic E-state index is 2.50. The molecule has 70 heavy (non-hydrogen) atoms. The van der Waals surface area contributed by atoms with Gasteiger partial charge < -0.3 is 0 Å². The molecular formula is C70H58. The van der Waals surface area contributed by atoms with Crippen LogP contribution in [0.4, 0.5) is 0 Å². The van der Waals surface area contributed by atoms with Gasteiger partial charge in [-0.1, -0.05) is 225 Å². The minimum absolute atomic E-state index is 0.417. The Labute approximate surface area is 411 Å². The molecule has 338 valence electrons. The minimum Gasteiger partial charge on any atom is -0.0616 e. The molecule has 0 N–H and O–H groups in total. The van der Waals surface area contributed by atoms with Gasteiger partial charge in [-0.05, 0) is 188 Å². The number of hydrogen-bond acceptors (Lipinski definition) is 0. The van der Waals surface area contributed by atoms with Crippen molar-refractivity contribution < 1.29 is 0 Å². The van der Waals surface area contributed by atoms with Crippen LogP contribution in [-0.2, 0) is 0 Å². The van der Waals surface area contributed by atoms with Crippen LogP contribution in [0.2, 0.25) is 0 Å². The number of hydrogen-bond donors (Lipinski definition) is 0. The van der Waals surface area contributed by atoms with E-state index in [1.165, 1.54) is 153 Å². The highest BCUT2D eigenvalue weighted by Gasteiger charge is 2.23. The number of rotatable bonds is 7. The fourth-order valence-electron chi connectivity index (χ4n) is 12.2. The molecule has 0 nitrogen and oxygen atoms in total. The Morgan fingerprint density at radius 3 is 1.01 bits per heavy atom. The van der Waals surface area contributed by atoms with E-state index in [0.717, 1.165) is 0 Å². The standard InChI is InChI=1S/C70H58/c1-39(2)45-21-25-51-49(33-45)37-64(63-35-47(41(5)6)23-28-53(51)63)55-27-17-43-19-31-61-62(32-20-44-18-30-60(55)67(43)68(44)61)69-56-13-9-11-15-58(56)70(59-16-12-10-14-57(59)69)66-38-50-34-46(40(3)4)22-26-52(50)54-29-24-48(42(7)8)36-65(54)66/h9-42H,1-8H3. The second kappa shape index (κ2) is 16.0. The molecule has 0 amide bonds. The third kappa shape index (κ3) is 6.42. The van der Waals surface area contributed by atoms with Gasteiger partial charge in [0.1, 0.15) is 0 Å². The number of fused-ring (bicyclic) bond motifs is 8. The van der Waals surface area contributed by atoms with Crippen molar-refractivity contribution in [3.8, 4) is 33.4 Å². The smallest absolute Gasteiger partial charge is 0.00199 e. The van der Waals surface area contributed by atoms with E-state index in [9.17, 15) is 0 Å². The van der Waals surface area contributed by atoms with Crippen LogP contribution in [0, 0.1) is 0 Å². The van der Waals surface area contributed by atoms with Crippen LogP contribution >= 0.6 is 0 Å². The minimum atomic E-state index is 0.417. The highest BCUT2D eigenvalue weighted by molar-refractivity contribution is 6.32. The summed E-state index contributed by atoms with van der Waals surface area (Å²) in [5.41, 5.74) is 13.3. The Morgan fingerprint density at radius 1 is 0.214 bits per heavy atom. The van der Waals surface area contributed by atoms with Crippen molar-refractivity contribution in [1.82, 2.24) is 0 Å². The Bertz CT molecular complexity index is 4230. The van der Waals surface area contributed by atoms with Gasteiger partial charge in [0.15, 0.2) is 0 Å². The molecular weight excluding hydrogens is 841 g/mol. The Hall–Kier alpha value is -7.54. The third-order valence-electron chi connectivity index (χ3n) is 16.1. The van der Waals surface area contributed by atoms with E-state index in [-0.39, 0.29) is 0 Å². The maximum Gasteiger partial charge on any atom is -0.00199 e. The zero-order chi connectivity index (χ0) is 47.7. The van der Waals surface area contributed by atoms with Gasteiger partial charge in [0, 0.05) is 0 Å². The summed E-state index contributed by atoms with van der Waals surface area (Å²) in [5, 5.41) is 23.5. The van der Waals surface area contributed by atoms with Crippen LogP contribution in [0.5, 0.6) is 0 Å². The molecule has 0 unspecified atom stereocenters. The molecule has 0 saturated carbocycles. The quantitative estimate of drug-likeness (QED) is 0.110. The van der Waals surface area contributed by atoms with E-state index in [0.29, 0.717) is 23.7 Å². The molecule has 0 bridgehead atoms. The Morgan fingerprint density at radius 2 is 0.557 bits per heavy atom. The molecule has 0 aliphatic carbocycles. The first-order chi connectivity index (χ1) is 34.0. The summed E-state index contributed by atoms with van der Waals surface area (Å²) >= 11 is 0. The zero-order valence-corrected chi connectivity index (χ0v) is 41.6. The van der Waals surface area contributed by atoms with E-state index in [1.807, 2.05) is 0 Å². The molecule has 13 rings (SSSR count). The molecule has 0 spiro atoms. The normalized spacial score (nSPS) is 12.5. The second-order valence-corrected chi connectivity index (χ2v) is 21.5. The summed E-state index contributed by atoms with van der Waals surface area (Å²) in [5.74, 6) is 1.75. The molecule has 13 aromatic rings. The summed E-state index contributed by atoms with van der Waals surface area (Å²) < 4.78 is 0. The zero-order valence-electron chi connectivity index (χ0n) is 41.6. The summed E-state index contributed by atoms with van der Waals surface area (Å²) in [6.45, 7) is 18.4. The van der Waals surface area contributed by atoms with Gasteiger partial charge in [0.2, 0.25) is 0 Å². The number of benzene rings is 13. The lowest BCUT2D eigenvalue weighted by Crippen LogP contribution is -1.95. The average Bonchev–Trinajstić information content (AvgIpc) is 3.38. The van der Waals surface area contributed by atoms with Crippen molar-refractivity contribution >= 4 is 97.0 Å². The van der Waals surface area contributed by atoms with Crippen molar-refractivity contribution in [3.05, 3.63) is 204 Å². The third-order valence-corrected chi connectivity index (χ3v) is 16.1. The van der Waals surface area contributed by atoms with Gasteiger partial charge in [-0.25, -0.2) is 0 Å². The molecule has 0 radical (unpaired) electrons. The van der Waals surface area contributed by atoms with E-state index in [4.69, 9.17) is 0 Å². The first kappa shape index (κ1) is 42.6. The van der Waals surface area contributed by atoms with E-state index >= 15 is 0 Å². The lowest BCUT2D eigenvalue weighted by molar-refractivity contribution is 0.868. The van der Waals surface area contributed by atoms with Gasteiger partial charge in [0.05, 0.1) is 0 Å². The molecule has 0 aliphatic heterocycles. The predicted octanol–water partition coefficient (Wildman–Crippen LogP) is 21.0. The van der Waals surface area contributed by atoms with E-state index in [2.05, 4.69) is 237 Å². The Kier molecular flexibility index (Phi) is 9.73. The van der Waals surface area contributed by atoms with Crippen molar-refractivity contribution in [1.29, 1.82) is 0 Å². The van der Waals surface area contributed by atoms with Crippen molar-refractivity contribution in [2.45, 2.75) is 79.1 Å². The SMILES string of the molecule is CC(C)c1ccc2c(c1)cc(-c1c3ccccc3c(-c3ccc4ccc5c(-c6cc7cc(C(C)C)ccc7c7ccc(C(C)C)cc67)ccc6ccc3c4c65)c3ccccc13)c1cc(C(C)C)ccc12. The van der Waals surface area contributed by atoms with Crippen LogP contribution in [0.15, 0.2) is 182 Å². The fourth-order valence-corrected chi connectivity index (χ4v) is 12.2. The highest BCUT2D eigenvalue weighted by Crippen LogP contribution is 2.51. The van der Waals surface area contributed by atoms with E-state index in [1.54, 1.807) is 0 Å². The molecule has 0 aliphatic rings. The van der Waals surface area contributed by atoms with Crippen LogP contribution < -0.4 is 0 Å².